The van der Waals surface area contributed by atoms with E-state index in [1.165, 1.54) is 43.8 Å². The van der Waals surface area contributed by atoms with Gasteiger partial charge in [-0.05, 0) is 86.3 Å². The Hall–Kier alpha value is -5.93. The van der Waals surface area contributed by atoms with Crippen LogP contribution in [0.25, 0.3) is 77.8 Å². The molecule has 3 heteroatoms. The molecular weight excluding hydrogens is 571 g/mol. The normalized spacial score (nSPS) is 13.1. The SMILES string of the molecule is CC1(C)c2ccccc2-c2cc3ccc4ccc(-c5nc(-c6ccccc6)cc(-c6cccc(-c7ccccn7)c6)n5)cc4c3cc21. The van der Waals surface area contributed by atoms with Gasteiger partial charge in [0, 0.05) is 33.9 Å². The molecule has 3 nitrogen and oxygen atoms in total. The maximum atomic E-state index is 5.20. The van der Waals surface area contributed by atoms with E-state index >= 15 is 0 Å². The Morgan fingerprint density at radius 3 is 1.94 bits per heavy atom. The zero-order valence-electron chi connectivity index (χ0n) is 26.3. The summed E-state index contributed by atoms with van der Waals surface area (Å²) in [6.07, 6.45) is 1.83. The number of rotatable bonds is 4. The second kappa shape index (κ2) is 10.6. The fourth-order valence-electron chi connectivity index (χ4n) is 7.24. The zero-order chi connectivity index (χ0) is 31.5. The van der Waals surface area contributed by atoms with Gasteiger partial charge in [0.15, 0.2) is 5.82 Å². The van der Waals surface area contributed by atoms with Crippen LogP contribution >= 0.6 is 0 Å². The molecule has 9 rings (SSSR count). The first kappa shape index (κ1) is 27.4. The van der Waals surface area contributed by atoms with Crippen molar-refractivity contribution < 1.29 is 0 Å². The lowest BCUT2D eigenvalue weighted by atomic mass is 9.81. The monoisotopic (exact) mass is 601 g/mol. The Bertz CT molecular complexity index is 2480. The van der Waals surface area contributed by atoms with Gasteiger partial charge in [-0.2, -0.15) is 0 Å². The van der Waals surface area contributed by atoms with E-state index in [9.17, 15) is 0 Å². The van der Waals surface area contributed by atoms with Crippen LogP contribution in [0.3, 0.4) is 0 Å². The van der Waals surface area contributed by atoms with E-state index in [2.05, 4.69) is 140 Å². The summed E-state index contributed by atoms with van der Waals surface area (Å²) in [5.41, 5.74) is 12.2. The van der Waals surface area contributed by atoms with E-state index in [1.807, 2.05) is 30.5 Å². The summed E-state index contributed by atoms with van der Waals surface area (Å²) in [5, 5.41) is 4.91. The number of benzene rings is 6. The Kier molecular flexibility index (Phi) is 6.16. The highest BCUT2D eigenvalue weighted by Crippen LogP contribution is 2.50. The summed E-state index contributed by atoms with van der Waals surface area (Å²) >= 11 is 0. The van der Waals surface area contributed by atoms with E-state index < -0.39 is 0 Å². The molecule has 6 aromatic carbocycles. The number of hydrogen-bond donors (Lipinski definition) is 0. The number of aromatic nitrogens is 3. The average molecular weight is 602 g/mol. The van der Waals surface area contributed by atoms with Gasteiger partial charge < -0.3 is 0 Å². The van der Waals surface area contributed by atoms with Gasteiger partial charge in [0.1, 0.15) is 0 Å². The number of hydrogen-bond acceptors (Lipinski definition) is 3. The van der Waals surface area contributed by atoms with Crippen LogP contribution in [-0.4, -0.2) is 15.0 Å². The third kappa shape index (κ3) is 4.54. The van der Waals surface area contributed by atoms with Crippen LogP contribution in [0, 0.1) is 0 Å². The van der Waals surface area contributed by atoms with Crippen LogP contribution in [0.5, 0.6) is 0 Å². The summed E-state index contributed by atoms with van der Waals surface area (Å²) < 4.78 is 0. The Morgan fingerprint density at radius 1 is 0.426 bits per heavy atom. The van der Waals surface area contributed by atoms with Gasteiger partial charge >= 0.3 is 0 Å². The maximum Gasteiger partial charge on any atom is 0.160 e. The van der Waals surface area contributed by atoms with Crippen LogP contribution in [0.1, 0.15) is 25.0 Å². The maximum absolute atomic E-state index is 5.20. The molecule has 0 N–H and O–H groups in total. The van der Waals surface area contributed by atoms with E-state index in [0.717, 1.165) is 39.3 Å². The van der Waals surface area contributed by atoms with E-state index in [4.69, 9.17) is 9.97 Å². The van der Waals surface area contributed by atoms with E-state index in [-0.39, 0.29) is 5.41 Å². The molecule has 0 bridgehead atoms. The first-order valence-electron chi connectivity index (χ1n) is 16.1. The minimum atomic E-state index is -0.0638. The van der Waals surface area contributed by atoms with Gasteiger partial charge in [-0.25, -0.2) is 9.97 Å². The van der Waals surface area contributed by atoms with Crippen molar-refractivity contribution in [1.29, 1.82) is 0 Å². The molecule has 0 saturated carbocycles. The molecule has 2 aromatic heterocycles. The molecule has 222 valence electrons. The lowest BCUT2D eigenvalue weighted by Gasteiger charge is -2.22. The quantitative estimate of drug-likeness (QED) is 0.188. The highest BCUT2D eigenvalue weighted by Gasteiger charge is 2.35. The summed E-state index contributed by atoms with van der Waals surface area (Å²) in [6, 6.07) is 51.6. The summed E-state index contributed by atoms with van der Waals surface area (Å²) in [4.78, 5) is 14.9. The Labute approximate surface area is 274 Å². The Morgan fingerprint density at radius 2 is 1.11 bits per heavy atom. The topological polar surface area (TPSA) is 38.7 Å². The first-order valence-corrected chi connectivity index (χ1v) is 16.1. The van der Waals surface area contributed by atoms with Gasteiger partial charge in [-0.3, -0.25) is 4.98 Å². The molecular formula is C44H31N3. The summed E-state index contributed by atoms with van der Waals surface area (Å²) in [7, 11) is 0. The number of nitrogens with zero attached hydrogens (tertiary/aromatic N) is 3. The van der Waals surface area contributed by atoms with Gasteiger partial charge in [0.05, 0.1) is 17.1 Å². The third-order valence-electron chi connectivity index (χ3n) is 9.71. The second-order valence-corrected chi connectivity index (χ2v) is 12.9. The summed E-state index contributed by atoms with van der Waals surface area (Å²) in [6.45, 7) is 4.68. The van der Waals surface area contributed by atoms with Crippen molar-refractivity contribution in [3.63, 3.8) is 0 Å². The highest BCUT2D eigenvalue weighted by atomic mass is 14.9. The van der Waals surface area contributed by atoms with Gasteiger partial charge in [-0.1, -0.05) is 117 Å². The molecule has 0 radical (unpaired) electrons. The third-order valence-corrected chi connectivity index (χ3v) is 9.71. The van der Waals surface area contributed by atoms with Crippen molar-refractivity contribution >= 4 is 21.5 Å². The predicted octanol–water partition coefficient (Wildman–Crippen LogP) is 11.2. The van der Waals surface area contributed by atoms with Crippen molar-refractivity contribution in [3.8, 4) is 56.3 Å². The van der Waals surface area contributed by atoms with Gasteiger partial charge in [-0.15, -0.1) is 0 Å². The average Bonchev–Trinajstić information content (AvgIpc) is 3.36. The smallest absolute Gasteiger partial charge is 0.160 e. The van der Waals surface area contributed by atoms with Crippen LogP contribution in [0.2, 0.25) is 0 Å². The molecule has 0 aliphatic heterocycles. The molecule has 0 spiro atoms. The lowest BCUT2D eigenvalue weighted by molar-refractivity contribution is 0.661. The largest absolute Gasteiger partial charge is 0.256 e. The van der Waals surface area contributed by atoms with Crippen molar-refractivity contribution in [3.05, 3.63) is 163 Å². The molecule has 1 aliphatic carbocycles. The summed E-state index contributed by atoms with van der Waals surface area (Å²) in [5.74, 6) is 0.706. The second-order valence-electron chi connectivity index (χ2n) is 12.9. The molecule has 8 aromatic rings. The standard InChI is InChI=1S/C44H31N3/c1-44(2)38-16-7-6-15-34(38)37-24-30-20-18-28-19-21-33(25-35(28)36(30)26-39(37)44)43-46-41(29-11-4-3-5-12-29)27-42(47-43)32-14-10-13-31(23-32)40-17-8-9-22-45-40/h3-27H,1-2H3. The molecule has 0 atom stereocenters. The van der Waals surface area contributed by atoms with Crippen LogP contribution < -0.4 is 0 Å². The molecule has 0 unspecified atom stereocenters. The molecule has 0 fully saturated rings. The van der Waals surface area contributed by atoms with Gasteiger partial charge in [0.2, 0.25) is 0 Å². The molecule has 2 heterocycles. The zero-order valence-corrected chi connectivity index (χ0v) is 26.3. The fraction of sp³-hybridized carbons (Fsp3) is 0.0682. The minimum absolute atomic E-state index is 0.0638. The van der Waals surface area contributed by atoms with Crippen molar-refractivity contribution in [1.82, 2.24) is 15.0 Å². The molecule has 0 saturated heterocycles. The Balaban J connectivity index is 1.23. The minimum Gasteiger partial charge on any atom is -0.256 e. The predicted molar refractivity (Wildman–Crippen MR) is 194 cm³/mol. The first-order chi connectivity index (χ1) is 23.0. The van der Waals surface area contributed by atoms with Gasteiger partial charge in [0.25, 0.3) is 0 Å². The van der Waals surface area contributed by atoms with E-state index in [0.29, 0.717) is 5.82 Å². The van der Waals surface area contributed by atoms with E-state index in [1.54, 1.807) is 0 Å². The van der Waals surface area contributed by atoms with Crippen molar-refractivity contribution in [2.24, 2.45) is 0 Å². The lowest BCUT2D eigenvalue weighted by Crippen LogP contribution is -2.14. The molecule has 47 heavy (non-hydrogen) atoms. The molecule has 1 aliphatic rings. The highest BCUT2D eigenvalue weighted by molar-refractivity contribution is 6.10. The number of pyridine rings is 1. The van der Waals surface area contributed by atoms with Crippen LogP contribution in [-0.2, 0) is 5.41 Å². The fourth-order valence-corrected chi connectivity index (χ4v) is 7.24. The van der Waals surface area contributed by atoms with Crippen LogP contribution in [0.4, 0.5) is 0 Å². The molecule has 0 amide bonds. The van der Waals surface area contributed by atoms with Crippen LogP contribution in [0.15, 0.2) is 152 Å². The van der Waals surface area contributed by atoms with Crippen molar-refractivity contribution in [2.45, 2.75) is 19.3 Å². The number of fused-ring (bicyclic) bond motifs is 6. The van der Waals surface area contributed by atoms with Crippen molar-refractivity contribution in [2.75, 3.05) is 0 Å².